The number of benzene rings is 1. The number of para-hydroxylation sites is 1. The van der Waals surface area contributed by atoms with Gasteiger partial charge < -0.3 is 14.8 Å². The molecule has 1 aliphatic carbocycles. The Bertz CT molecular complexity index is 839. The van der Waals surface area contributed by atoms with Gasteiger partial charge in [-0.05, 0) is 31.7 Å². The molecular formula is C20H23N3O3. The van der Waals surface area contributed by atoms with Gasteiger partial charge in [0, 0.05) is 29.7 Å². The minimum absolute atomic E-state index is 0.0533. The van der Waals surface area contributed by atoms with E-state index in [1.165, 1.54) is 12.8 Å². The molecule has 1 spiro atoms. The van der Waals surface area contributed by atoms with E-state index in [1.807, 2.05) is 24.3 Å². The number of nitrogens with one attached hydrogen (secondary N) is 2. The summed E-state index contributed by atoms with van der Waals surface area (Å²) in [5.74, 6) is 0.765. The molecule has 2 aromatic rings. The molecule has 1 unspecified atom stereocenters. The lowest BCUT2D eigenvalue weighted by Gasteiger charge is -2.40. The summed E-state index contributed by atoms with van der Waals surface area (Å²) in [6, 6.07) is 8.00. The highest BCUT2D eigenvalue weighted by Gasteiger charge is 2.43. The molecule has 5 rings (SSSR count). The molecule has 1 aromatic heterocycles. The summed E-state index contributed by atoms with van der Waals surface area (Å²) in [5, 5.41) is 10.5. The largest absolute Gasteiger partial charge is 0.487 e. The average molecular weight is 353 g/mol. The standard InChI is InChI=1S/C20H23N3O3/c24-19(18-14-12-25-10-7-15(14)22-23-18)21-16-11-20(8-3-4-9-20)26-17-6-2-1-5-13(16)17/h1-2,5-6,16H,3-4,7-12H2,(H,21,24)(H,22,23). The fourth-order valence-corrected chi connectivity index (χ4v) is 4.60. The van der Waals surface area contributed by atoms with E-state index in [0.29, 0.717) is 18.9 Å². The van der Waals surface area contributed by atoms with Crippen molar-refractivity contribution in [2.75, 3.05) is 6.61 Å². The van der Waals surface area contributed by atoms with Crippen molar-refractivity contribution >= 4 is 5.91 Å². The van der Waals surface area contributed by atoms with Crippen molar-refractivity contribution in [1.82, 2.24) is 15.5 Å². The zero-order valence-corrected chi connectivity index (χ0v) is 14.7. The monoisotopic (exact) mass is 353 g/mol. The molecule has 0 bridgehead atoms. The molecule has 6 heteroatoms. The van der Waals surface area contributed by atoms with Gasteiger partial charge >= 0.3 is 0 Å². The van der Waals surface area contributed by atoms with Crippen LogP contribution in [0.5, 0.6) is 5.75 Å². The molecule has 6 nitrogen and oxygen atoms in total. The maximum Gasteiger partial charge on any atom is 0.272 e. The van der Waals surface area contributed by atoms with Crippen molar-refractivity contribution in [3.05, 3.63) is 46.8 Å². The van der Waals surface area contributed by atoms with Gasteiger partial charge in [0.25, 0.3) is 5.91 Å². The quantitative estimate of drug-likeness (QED) is 0.870. The van der Waals surface area contributed by atoms with Crippen molar-refractivity contribution < 1.29 is 14.3 Å². The number of hydrogen-bond acceptors (Lipinski definition) is 4. The van der Waals surface area contributed by atoms with Gasteiger partial charge in [-0.15, -0.1) is 0 Å². The average Bonchev–Trinajstić information content (AvgIpc) is 3.29. The minimum Gasteiger partial charge on any atom is -0.487 e. The third-order valence-electron chi connectivity index (χ3n) is 5.93. The number of ether oxygens (including phenoxy) is 2. The fourth-order valence-electron chi connectivity index (χ4n) is 4.60. The van der Waals surface area contributed by atoms with Crippen LogP contribution in [0, 0.1) is 0 Å². The summed E-state index contributed by atoms with van der Waals surface area (Å²) in [6.07, 6.45) is 6.08. The first-order chi connectivity index (χ1) is 12.7. The van der Waals surface area contributed by atoms with Gasteiger partial charge in [-0.2, -0.15) is 5.10 Å². The highest BCUT2D eigenvalue weighted by atomic mass is 16.5. The van der Waals surface area contributed by atoms with Gasteiger partial charge in [-0.1, -0.05) is 18.2 Å². The van der Waals surface area contributed by atoms with Gasteiger partial charge in [0.1, 0.15) is 11.4 Å². The third kappa shape index (κ3) is 2.60. The lowest BCUT2D eigenvalue weighted by Crippen LogP contribution is -2.43. The SMILES string of the molecule is O=C(NC1CC2(CCCC2)Oc2ccccc21)c1n[nH]c2c1COCC2. The molecule has 3 heterocycles. The van der Waals surface area contributed by atoms with Crippen LogP contribution in [0.1, 0.15) is 65.5 Å². The van der Waals surface area contributed by atoms with E-state index in [4.69, 9.17) is 9.47 Å². The highest BCUT2D eigenvalue weighted by molar-refractivity contribution is 5.94. The zero-order chi connectivity index (χ0) is 17.6. The predicted octanol–water partition coefficient (Wildman–Crippen LogP) is 3.05. The number of carbonyl (C=O) groups excluding carboxylic acids is 1. The summed E-state index contributed by atoms with van der Waals surface area (Å²) in [4.78, 5) is 13.0. The first kappa shape index (κ1) is 15.9. The molecule has 3 aliphatic rings. The Hall–Kier alpha value is -2.34. The molecule has 26 heavy (non-hydrogen) atoms. The van der Waals surface area contributed by atoms with Crippen LogP contribution in [0.25, 0.3) is 0 Å². The molecular weight excluding hydrogens is 330 g/mol. The summed E-state index contributed by atoms with van der Waals surface area (Å²) in [7, 11) is 0. The molecule has 2 aliphatic heterocycles. The normalized spacial score (nSPS) is 23.2. The second-order valence-electron chi connectivity index (χ2n) is 7.59. The fraction of sp³-hybridized carbons (Fsp3) is 0.500. The Kier molecular flexibility index (Phi) is 3.74. The predicted molar refractivity (Wildman–Crippen MR) is 95.0 cm³/mol. The van der Waals surface area contributed by atoms with Gasteiger partial charge in [0.2, 0.25) is 0 Å². The number of hydrogen-bond donors (Lipinski definition) is 2. The lowest BCUT2D eigenvalue weighted by molar-refractivity contribution is 0.0359. The Morgan fingerprint density at radius 3 is 3.00 bits per heavy atom. The summed E-state index contributed by atoms with van der Waals surface area (Å²) >= 11 is 0. The van der Waals surface area contributed by atoms with E-state index in [9.17, 15) is 4.79 Å². The number of fused-ring (bicyclic) bond motifs is 2. The molecule has 136 valence electrons. The first-order valence-electron chi connectivity index (χ1n) is 9.47. The second kappa shape index (κ2) is 6.13. The number of aromatic nitrogens is 2. The maximum absolute atomic E-state index is 13.0. The summed E-state index contributed by atoms with van der Waals surface area (Å²) in [5.41, 5.74) is 3.29. The number of carbonyl (C=O) groups is 1. The van der Waals surface area contributed by atoms with Gasteiger partial charge in [-0.3, -0.25) is 9.89 Å². The number of nitrogens with zero attached hydrogens (tertiary/aromatic N) is 1. The van der Waals surface area contributed by atoms with Crippen LogP contribution in [0.4, 0.5) is 0 Å². The molecule has 1 amide bonds. The van der Waals surface area contributed by atoms with Crippen LogP contribution in [0.3, 0.4) is 0 Å². The number of amides is 1. The highest BCUT2D eigenvalue weighted by Crippen LogP contribution is 2.47. The zero-order valence-electron chi connectivity index (χ0n) is 14.7. The van der Waals surface area contributed by atoms with Crippen LogP contribution in [-0.2, 0) is 17.8 Å². The molecule has 2 N–H and O–H groups in total. The second-order valence-corrected chi connectivity index (χ2v) is 7.59. The Morgan fingerprint density at radius 1 is 1.27 bits per heavy atom. The first-order valence-corrected chi connectivity index (χ1v) is 9.47. The molecule has 1 atom stereocenters. The van der Waals surface area contributed by atoms with Crippen molar-refractivity contribution in [3.63, 3.8) is 0 Å². The van der Waals surface area contributed by atoms with Crippen molar-refractivity contribution in [3.8, 4) is 5.75 Å². The van der Waals surface area contributed by atoms with Gasteiger partial charge in [0.15, 0.2) is 5.69 Å². The number of aromatic amines is 1. The summed E-state index contributed by atoms with van der Waals surface area (Å²) in [6.45, 7) is 1.12. The van der Waals surface area contributed by atoms with Crippen LogP contribution in [0.2, 0.25) is 0 Å². The maximum atomic E-state index is 13.0. The topological polar surface area (TPSA) is 76.2 Å². The Morgan fingerprint density at radius 2 is 2.12 bits per heavy atom. The van der Waals surface area contributed by atoms with E-state index < -0.39 is 0 Å². The van der Waals surface area contributed by atoms with Gasteiger partial charge in [-0.25, -0.2) is 0 Å². The summed E-state index contributed by atoms with van der Waals surface area (Å²) < 4.78 is 11.9. The van der Waals surface area contributed by atoms with E-state index in [1.54, 1.807) is 0 Å². The minimum atomic E-state index is -0.138. The molecule has 1 saturated carbocycles. The number of H-pyrrole nitrogens is 1. The third-order valence-corrected chi connectivity index (χ3v) is 5.93. The van der Waals surface area contributed by atoms with Crippen LogP contribution in [-0.4, -0.2) is 28.3 Å². The molecule has 1 fully saturated rings. The van der Waals surface area contributed by atoms with Crippen molar-refractivity contribution in [1.29, 1.82) is 0 Å². The molecule has 0 radical (unpaired) electrons. The van der Waals surface area contributed by atoms with Crippen molar-refractivity contribution in [2.24, 2.45) is 0 Å². The van der Waals surface area contributed by atoms with Gasteiger partial charge in [0.05, 0.1) is 19.3 Å². The van der Waals surface area contributed by atoms with E-state index >= 15 is 0 Å². The van der Waals surface area contributed by atoms with Crippen LogP contribution in [0.15, 0.2) is 24.3 Å². The smallest absolute Gasteiger partial charge is 0.272 e. The van der Waals surface area contributed by atoms with E-state index in [2.05, 4.69) is 15.5 Å². The van der Waals surface area contributed by atoms with Crippen molar-refractivity contribution in [2.45, 2.75) is 56.8 Å². The Balaban J connectivity index is 1.44. The van der Waals surface area contributed by atoms with E-state index in [-0.39, 0.29) is 17.6 Å². The van der Waals surface area contributed by atoms with Crippen LogP contribution >= 0.6 is 0 Å². The lowest BCUT2D eigenvalue weighted by atomic mass is 9.86. The number of rotatable bonds is 2. The van der Waals surface area contributed by atoms with E-state index in [0.717, 1.165) is 48.3 Å². The molecule has 0 saturated heterocycles. The molecule has 1 aromatic carbocycles. The van der Waals surface area contributed by atoms with Crippen LogP contribution < -0.4 is 10.1 Å². The Labute approximate surface area is 152 Å².